The van der Waals surface area contributed by atoms with Crippen LogP contribution in [0.25, 0.3) is 0 Å². The molecule has 0 atom stereocenters. The predicted molar refractivity (Wildman–Crippen MR) is 88.0 cm³/mol. The Kier molecular flexibility index (Phi) is 4.86. The molecule has 0 heterocycles. The van der Waals surface area contributed by atoms with Crippen molar-refractivity contribution in [2.24, 2.45) is 0 Å². The maximum atomic E-state index is 12.0. The molecule has 110 valence electrons. The zero-order valence-electron chi connectivity index (χ0n) is 12.5. The molecule has 0 saturated heterocycles. The van der Waals surface area contributed by atoms with Crippen LogP contribution in [0.15, 0.2) is 42.5 Å². The van der Waals surface area contributed by atoms with Crippen molar-refractivity contribution in [3.8, 4) is 0 Å². The van der Waals surface area contributed by atoms with Crippen LogP contribution in [0.1, 0.15) is 21.5 Å². The molecule has 0 spiro atoms. The monoisotopic (exact) mass is 302 g/mol. The molecule has 4 heteroatoms. The van der Waals surface area contributed by atoms with Crippen molar-refractivity contribution in [1.82, 2.24) is 4.90 Å². The van der Waals surface area contributed by atoms with Crippen molar-refractivity contribution in [2.75, 3.05) is 19.4 Å². The largest absolute Gasteiger partial charge is 0.381 e. The molecule has 0 aromatic heterocycles. The molecule has 0 saturated carbocycles. The summed E-state index contributed by atoms with van der Waals surface area (Å²) in [6, 6.07) is 13.4. The van der Waals surface area contributed by atoms with Crippen LogP contribution in [-0.4, -0.2) is 24.9 Å². The lowest BCUT2D eigenvalue weighted by Crippen LogP contribution is -2.21. The Morgan fingerprint density at radius 1 is 1.14 bits per heavy atom. The molecule has 0 radical (unpaired) electrons. The van der Waals surface area contributed by atoms with E-state index < -0.39 is 0 Å². The quantitative estimate of drug-likeness (QED) is 0.927. The van der Waals surface area contributed by atoms with E-state index in [-0.39, 0.29) is 5.91 Å². The fourth-order valence-electron chi connectivity index (χ4n) is 2.00. The average molecular weight is 303 g/mol. The highest BCUT2D eigenvalue weighted by Gasteiger charge is 2.09. The van der Waals surface area contributed by atoms with E-state index in [1.54, 1.807) is 19.0 Å². The van der Waals surface area contributed by atoms with E-state index in [0.29, 0.717) is 12.1 Å². The topological polar surface area (TPSA) is 32.3 Å². The lowest BCUT2D eigenvalue weighted by Gasteiger charge is -2.14. The predicted octanol–water partition coefficient (Wildman–Crippen LogP) is 3.96. The lowest BCUT2D eigenvalue weighted by molar-refractivity contribution is 0.0827. The van der Waals surface area contributed by atoms with Gasteiger partial charge in [-0.05, 0) is 42.3 Å². The summed E-state index contributed by atoms with van der Waals surface area (Å²) in [6.45, 7) is 2.71. The first-order valence-corrected chi connectivity index (χ1v) is 7.16. The fraction of sp³-hybridized carbons (Fsp3) is 0.235. The number of rotatable bonds is 4. The Morgan fingerprint density at radius 3 is 2.43 bits per heavy atom. The molecule has 0 aliphatic heterocycles. The van der Waals surface area contributed by atoms with Gasteiger partial charge in [-0.1, -0.05) is 29.8 Å². The van der Waals surface area contributed by atoms with Crippen molar-refractivity contribution in [3.63, 3.8) is 0 Å². The van der Waals surface area contributed by atoms with Crippen LogP contribution in [-0.2, 0) is 6.54 Å². The van der Waals surface area contributed by atoms with Gasteiger partial charge in [0.25, 0.3) is 5.91 Å². The maximum Gasteiger partial charge on any atom is 0.253 e. The van der Waals surface area contributed by atoms with E-state index in [4.69, 9.17) is 11.6 Å². The van der Waals surface area contributed by atoms with Gasteiger partial charge in [0, 0.05) is 36.9 Å². The van der Waals surface area contributed by atoms with E-state index in [1.807, 2.05) is 49.4 Å². The third-order valence-corrected chi connectivity index (χ3v) is 3.54. The zero-order valence-corrected chi connectivity index (χ0v) is 13.2. The van der Waals surface area contributed by atoms with Crippen molar-refractivity contribution in [3.05, 3.63) is 64.2 Å². The maximum absolute atomic E-state index is 12.0. The number of amides is 1. The Hall–Kier alpha value is -2.00. The second-order valence-electron chi connectivity index (χ2n) is 5.21. The van der Waals surface area contributed by atoms with Crippen LogP contribution in [0.5, 0.6) is 0 Å². The van der Waals surface area contributed by atoms with E-state index in [0.717, 1.165) is 21.8 Å². The van der Waals surface area contributed by atoms with Crippen molar-refractivity contribution in [2.45, 2.75) is 13.5 Å². The second kappa shape index (κ2) is 6.64. The number of hydrogen-bond acceptors (Lipinski definition) is 2. The summed E-state index contributed by atoms with van der Waals surface area (Å²) in [5.74, 6) is 0.00421. The number of hydrogen-bond donors (Lipinski definition) is 1. The minimum atomic E-state index is 0.00421. The highest BCUT2D eigenvalue weighted by molar-refractivity contribution is 6.30. The van der Waals surface area contributed by atoms with E-state index in [1.165, 1.54) is 0 Å². The summed E-state index contributed by atoms with van der Waals surface area (Å²) in [6.07, 6.45) is 0. The molecule has 3 nitrogen and oxygen atoms in total. The molecule has 21 heavy (non-hydrogen) atoms. The molecule has 0 aliphatic carbocycles. The van der Waals surface area contributed by atoms with Gasteiger partial charge in [-0.3, -0.25) is 4.79 Å². The Morgan fingerprint density at radius 2 is 1.81 bits per heavy atom. The SMILES string of the molecule is Cc1ccc(C(=O)N(C)C)cc1NCc1ccc(Cl)cc1. The smallest absolute Gasteiger partial charge is 0.253 e. The molecule has 2 rings (SSSR count). The minimum Gasteiger partial charge on any atom is -0.381 e. The van der Waals surface area contributed by atoms with Gasteiger partial charge in [-0.15, -0.1) is 0 Å². The first-order valence-electron chi connectivity index (χ1n) is 6.78. The van der Waals surface area contributed by atoms with Crippen molar-refractivity contribution >= 4 is 23.2 Å². The van der Waals surface area contributed by atoms with Gasteiger partial charge >= 0.3 is 0 Å². The molecule has 1 amide bonds. The fourth-order valence-corrected chi connectivity index (χ4v) is 2.13. The van der Waals surface area contributed by atoms with Crippen LogP contribution in [0.3, 0.4) is 0 Å². The first kappa shape index (κ1) is 15.4. The minimum absolute atomic E-state index is 0.00421. The average Bonchev–Trinajstić information content (AvgIpc) is 2.47. The highest BCUT2D eigenvalue weighted by Crippen LogP contribution is 2.19. The molecule has 1 N–H and O–H groups in total. The van der Waals surface area contributed by atoms with Gasteiger partial charge in [0.15, 0.2) is 0 Å². The van der Waals surface area contributed by atoms with Crippen molar-refractivity contribution < 1.29 is 4.79 Å². The number of anilines is 1. The van der Waals surface area contributed by atoms with Crippen LogP contribution in [0.4, 0.5) is 5.69 Å². The number of carbonyl (C=O) groups excluding carboxylic acids is 1. The van der Waals surface area contributed by atoms with E-state index >= 15 is 0 Å². The number of aryl methyl sites for hydroxylation is 1. The molecule has 0 bridgehead atoms. The number of nitrogens with zero attached hydrogens (tertiary/aromatic N) is 1. The number of benzene rings is 2. The Labute approximate surface area is 130 Å². The van der Waals surface area contributed by atoms with Gasteiger partial charge in [0.1, 0.15) is 0 Å². The molecular weight excluding hydrogens is 284 g/mol. The van der Waals surface area contributed by atoms with Gasteiger partial charge in [-0.2, -0.15) is 0 Å². The molecule has 2 aromatic rings. The first-order chi connectivity index (χ1) is 9.97. The number of nitrogens with one attached hydrogen (secondary N) is 1. The molecule has 0 fully saturated rings. The summed E-state index contributed by atoms with van der Waals surface area (Å²) < 4.78 is 0. The third-order valence-electron chi connectivity index (χ3n) is 3.29. The second-order valence-corrected chi connectivity index (χ2v) is 5.65. The van der Waals surface area contributed by atoms with E-state index in [2.05, 4.69) is 5.32 Å². The molecular formula is C17H19ClN2O. The Bertz CT molecular complexity index is 636. The van der Waals surface area contributed by atoms with E-state index in [9.17, 15) is 4.79 Å². The normalized spacial score (nSPS) is 10.3. The van der Waals surface area contributed by atoms with Gasteiger partial charge in [-0.25, -0.2) is 0 Å². The number of carbonyl (C=O) groups is 1. The van der Waals surface area contributed by atoms with Gasteiger partial charge < -0.3 is 10.2 Å². The third kappa shape index (κ3) is 3.99. The molecule has 2 aromatic carbocycles. The standard InChI is InChI=1S/C17H19ClN2O/c1-12-4-7-14(17(21)20(2)3)10-16(12)19-11-13-5-8-15(18)9-6-13/h4-10,19H,11H2,1-3H3. The summed E-state index contributed by atoms with van der Waals surface area (Å²) in [4.78, 5) is 13.6. The van der Waals surface area contributed by atoms with Crippen molar-refractivity contribution in [1.29, 1.82) is 0 Å². The summed E-state index contributed by atoms with van der Waals surface area (Å²) >= 11 is 5.88. The molecule has 0 aliphatic rings. The number of halogens is 1. The summed E-state index contributed by atoms with van der Waals surface area (Å²) in [5.41, 5.74) is 3.91. The van der Waals surface area contributed by atoms with Crippen LogP contribution in [0.2, 0.25) is 5.02 Å². The van der Waals surface area contributed by atoms with Crippen LogP contribution < -0.4 is 5.32 Å². The Balaban J connectivity index is 2.14. The van der Waals surface area contributed by atoms with Gasteiger partial charge in [0.05, 0.1) is 0 Å². The lowest BCUT2D eigenvalue weighted by atomic mass is 10.1. The summed E-state index contributed by atoms with van der Waals surface area (Å²) in [7, 11) is 3.51. The summed E-state index contributed by atoms with van der Waals surface area (Å²) in [5, 5.41) is 4.10. The van der Waals surface area contributed by atoms with Gasteiger partial charge in [0.2, 0.25) is 0 Å². The van der Waals surface area contributed by atoms with Crippen LogP contribution >= 0.6 is 11.6 Å². The zero-order chi connectivity index (χ0) is 15.4. The molecule has 0 unspecified atom stereocenters. The van der Waals surface area contributed by atoms with Crippen LogP contribution in [0, 0.1) is 6.92 Å². The highest BCUT2D eigenvalue weighted by atomic mass is 35.5.